The van der Waals surface area contributed by atoms with Gasteiger partial charge in [-0.1, -0.05) is 25.7 Å². The summed E-state index contributed by atoms with van der Waals surface area (Å²) in [5.41, 5.74) is 0. The van der Waals surface area contributed by atoms with Crippen LogP contribution in [0.15, 0.2) is 13.5 Å². The van der Waals surface area contributed by atoms with Crippen molar-refractivity contribution in [2.24, 2.45) is 13.5 Å². The third-order valence-electron chi connectivity index (χ3n) is 4.68. The first kappa shape index (κ1) is 26.6. The second-order valence-electron chi connectivity index (χ2n) is 7.25. The molecule has 3 aliphatic rings. The van der Waals surface area contributed by atoms with Crippen LogP contribution in [0.25, 0.3) is 0 Å². The number of nitrogens with one attached hydrogen (secondary N) is 2. The molecule has 3 heterocycles. The maximum Gasteiger partial charge on any atom is 0.280 e. The quantitative estimate of drug-likeness (QED) is 0.366. The van der Waals surface area contributed by atoms with Crippen LogP contribution in [-0.2, 0) is 23.3 Å². The van der Waals surface area contributed by atoms with E-state index in [-0.39, 0.29) is 0 Å². The standard InChI is InChI=1S/C16H34Cl2N5O5P3/c17-29(18)21-30-19-7-5-3-1-2-4-6-8-20-31(22-29,23-30)28-16-14-26-12-10-24-9-11-25-13-15-27-30/h19-20H,1-16H2. The Morgan fingerprint density at radius 1 is 0.516 bits per heavy atom. The number of ether oxygens (including phenoxy) is 3. The van der Waals surface area contributed by atoms with Gasteiger partial charge >= 0.3 is 0 Å². The van der Waals surface area contributed by atoms with E-state index in [9.17, 15) is 0 Å². The molecule has 0 aromatic heterocycles. The molecule has 0 amide bonds. The summed E-state index contributed by atoms with van der Waals surface area (Å²) in [4.78, 5) is 0. The van der Waals surface area contributed by atoms with Crippen molar-refractivity contribution in [1.29, 1.82) is 0 Å². The second kappa shape index (κ2) is 13.8. The third-order valence-corrected chi connectivity index (χ3v) is 15.1. The van der Waals surface area contributed by atoms with Crippen molar-refractivity contribution in [3.63, 3.8) is 0 Å². The Morgan fingerprint density at radius 2 is 0.935 bits per heavy atom. The lowest BCUT2D eigenvalue weighted by Crippen LogP contribution is -2.20. The van der Waals surface area contributed by atoms with Gasteiger partial charge in [0.25, 0.3) is 21.1 Å². The fourth-order valence-corrected chi connectivity index (χ4v) is 15.1. The van der Waals surface area contributed by atoms with E-state index in [1.54, 1.807) is 0 Å². The van der Waals surface area contributed by atoms with Crippen LogP contribution in [0.2, 0.25) is 0 Å². The van der Waals surface area contributed by atoms with Crippen molar-refractivity contribution in [3.8, 4) is 0 Å². The topological polar surface area (TPSA) is 107 Å². The van der Waals surface area contributed by atoms with Crippen LogP contribution >= 0.6 is 43.6 Å². The Balaban J connectivity index is 1.91. The molecule has 2 atom stereocenters. The molecule has 0 radical (unpaired) electrons. The van der Waals surface area contributed by atoms with Gasteiger partial charge < -0.3 is 23.3 Å². The average Bonchev–Trinajstić information content (AvgIpc) is 2.72. The molecule has 0 saturated heterocycles. The van der Waals surface area contributed by atoms with Crippen LogP contribution in [0.5, 0.6) is 0 Å². The summed E-state index contributed by atoms with van der Waals surface area (Å²) >= 11 is 13.2. The Kier molecular flexibility index (Phi) is 11.8. The van der Waals surface area contributed by atoms with E-state index >= 15 is 0 Å². The number of rotatable bonds is 0. The fraction of sp³-hybridized carbons (Fsp3) is 1.00. The summed E-state index contributed by atoms with van der Waals surface area (Å²) < 4.78 is 43.3. The summed E-state index contributed by atoms with van der Waals surface area (Å²) in [6, 6.07) is 0. The number of nitrogens with zero attached hydrogens (tertiary/aromatic N) is 3. The van der Waals surface area contributed by atoms with E-state index < -0.39 is 21.1 Å². The monoisotopic (exact) mass is 539 g/mol. The van der Waals surface area contributed by atoms with Gasteiger partial charge in [-0.05, 0) is 35.3 Å². The van der Waals surface area contributed by atoms with Crippen LogP contribution < -0.4 is 10.2 Å². The van der Waals surface area contributed by atoms with Crippen LogP contribution in [0.1, 0.15) is 38.5 Å². The van der Waals surface area contributed by atoms with Gasteiger partial charge in [-0.2, -0.15) is 13.5 Å². The molecule has 0 aromatic carbocycles. The normalized spacial score (nSPS) is 35.0. The molecule has 0 spiro atoms. The van der Waals surface area contributed by atoms with E-state index in [0.717, 1.165) is 25.7 Å². The minimum absolute atomic E-state index is 0.310. The zero-order chi connectivity index (χ0) is 21.9. The molecule has 0 aliphatic carbocycles. The zero-order valence-corrected chi connectivity index (χ0v) is 22.0. The molecule has 10 nitrogen and oxygen atoms in total. The van der Waals surface area contributed by atoms with Crippen molar-refractivity contribution >= 4 is 43.6 Å². The first-order valence-corrected chi connectivity index (χ1v) is 17.6. The first-order valence-electron chi connectivity index (χ1n) is 10.9. The highest BCUT2D eigenvalue weighted by molar-refractivity contribution is 8.13. The second-order valence-corrected chi connectivity index (χ2v) is 17.0. The van der Waals surface area contributed by atoms with Crippen LogP contribution in [0.3, 0.4) is 0 Å². The molecule has 182 valence electrons. The predicted molar refractivity (Wildman–Crippen MR) is 128 cm³/mol. The van der Waals surface area contributed by atoms with Crippen molar-refractivity contribution in [2.45, 2.75) is 38.5 Å². The summed E-state index contributed by atoms with van der Waals surface area (Å²) in [6.07, 6.45) is 6.71. The van der Waals surface area contributed by atoms with E-state index in [2.05, 4.69) is 19.2 Å². The Bertz CT molecular complexity index is 698. The predicted octanol–water partition coefficient (Wildman–Crippen LogP) is 5.95. The highest BCUT2D eigenvalue weighted by atomic mass is 35.9. The smallest absolute Gasteiger partial charge is 0.280 e. The fourth-order valence-electron chi connectivity index (χ4n) is 3.23. The minimum atomic E-state index is -3.04. The summed E-state index contributed by atoms with van der Waals surface area (Å²) in [5.74, 6) is -3.04. The van der Waals surface area contributed by atoms with E-state index in [0.29, 0.717) is 65.9 Å². The van der Waals surface area contributed by atoms with Crippen LogP contribution in [0, 0.1) is 0 Å². The van der Waals surface area contributed by atoms with Crippen molar-refractivity contribution in [1.82, 2.24) is 10.2 Å². The molecule has 0 saturated carbocycles. The van der Waals surface area contributed by atoms with Crippen LogP contribution in [-0.4, -0.2) is 65.9 Å². The summed E-state index contributed by atoms with van der Waals surface area (Å²) in [7, 11) is -5.76. The van der Waals surface area contributed by atoms with E-state index in [1.807, 2.05) is 0 Å². The molecule has 31 heavy (non-hydrogen) atoms. The molecule has 2 bridgehead atoms. The summed E-state index contributed by atoms with van der Waals surface area (Å²) in [5, 5.41) is 6.88. The number of hydrogen-bond acceptors (Lipinski definition) is 10. The lowest BCUT2D eigenvalue weighted by atomic mass is 10.1. The minimum Gasteiger partial charge on any atom is -0.377 e. The van der Waals surface area contributed by atoms with Crippen molar-refractivity contribution < 1.29 is 23.3 Å². The van der Waals surface area contributed by atoms with Gasteiger partial charge in [0, 0.05) is 13.1 Å². The van der Waals surface area contributed by atoms with Gasteiger partial charge in [0.1, 0.15) is 0 Å². The SMILES string of the molecule is ClP1(Cl)=NP23=NP(=N1)(NCCCCCCCCN2)OCCOCCOCCOCCO3. The van der Waals surface area contributed by atoms with Gasteiger partial charge in [-0.15, -0.1) is 0 Å². The largest absolute Gasteiger partial charge is 0.377 e. The Morgan fingerprint density at radius 3 is 1.45 bits per heavy atom. The first-order chi connectivity index (χ1) is 15.0. The molecular weight excluding hydrogens is 506 g/mol. The molecule has 15 heteroatoms. The third kappa shape index (κ3) is 9.64. The van der Waals surface area contributed by atoms with Gasteiger partial charge in [0.05, 0.1) is 52.9 Å². The highest BCUT2D eigenvalue weighted by Crippen LogP contribution is 2.80. The molecule has 0 aromatic rings. The van der Waals surface area contributed by atoms with Crippen molar-refractivity contribution in [2.75, 3.05) is 65.9 Å². The maximum absolute atomic E-state index is 6.61. The highest BCUT2D eigenvalue weighted by Gasteiger charge is 2.37. The summed E-state index contributed by atoms with van der Waals surface area (Å²) in [6.45, 7) is 4.80. The maximum atomic E-state index is 6.61. The lowest BCUT2D eigenvalue weighted by molar-refractivity contribution is 0.00533. The van der Waals surface area contributed by atoms with Crippen molar-refractivity contribution in [3.05, 3.63) is 0 Å². The number of halogens is 2. The molecule has 0 fully saturated rings. The van der Waals surface area contributed by atoms with Gasteiger partial charge in [-0.3, -0.25) is 0 Å². The average molecular weight is 540 g/mol. The van der Waals surface area contributed by atoms with E-state index in [1.165, 1.54) is 12.8 Å². The zero-order valence-electron chi connectivity index (χ0n) is 17.8. The molecule has 3 rings (SSSR count). The molecule has 3 aliphatic heterocycles. The molecule has 2 unspecified atom stereocenters. The van der Waals surface area contributed by atoms with Gasteiger partial charge in [0.15, 0.2) is 0 Å². The number of hydrogen-bond donors (Lipinski definition) is 2. The van der Waals surface area contributed by atoms with E-state index in [4.69, 9.17) is 50.3 Å². The molecule has 2 N–H and O–H groups in total. The van der Waals surface area contributed by atoms with Gasteiger partial charge in [-0.25, -0.2) is 10.2 Å². The lowest BCUT2D eigenvalue weighted by Gasteiger charge is -2.32. The Hall–Kier alpha value is 0.990. The Labute approximate surface area is 194 Å². The molecular formula is C16H34Cl2N5O5P3. The van der Waals surface area contributed by atoms with Gasteiger partial charge in [0.2, 0.25) is 0 Å². The van der Waals surface area contributed by atoms with Crippen LogP contribution in [0.4, 0.5) is 0 Å².